The molecule has 1 unspecified atom stereocenters. The van der Waals surface area contributed by atoms with E-state index in [1.54, 1.807) is 24.6 Å². The minimum absolute atomic E-state index is 0.267. The van der Waals surface area contributed by atoms with Crippen LogP contribution in [0.25, 0.3) is 11.2 Å². The fraction of sp³-hybridized carbons (Fsp3) is 0.417. The molecule has 96 valence electrons. The number of anilines is 1. The Bertz CT molecular complexity index is 591. The lowest BCUT2D eigenvalue weighted by Crippen LogP contribution is -2.20. The molecule has 2 aromatic rings. The number of nitrogen functional groups attached to an aromatic ring is 1. The number of hydrogen-bond acceptors (Lipinski definition) is 5. The van der Waals surface area contributed by atoms with Gasteiger partial charge in [-0.1, -0.05) is 0 Å². The van der Waals surface area contributed by atoms with Crippen LogP contribution in [-0.4, -0.2) is 27.1 Å². The van der Waals surface area contributed by atoms with Crippen LogP contribution in [-0.2, 0) is 9.53 Å². The van der Waals surface area contributed by atoms with E-state index in [0.29, 0.717) is 17.8 Å². The van der Waals surface area contributed by atoms with E-state index in [0.717, 1.165) is 5.56 Å². The van der Waals surface area contributed by atoms with Crippen molar-refractivity contribution >= 4 is 23.1 Å². The average Bonchev–Trinajstić information content (AvgIpc) is 2.63. The number of hydrogen-bond donors (Lipinski definition) is 1. The van der Waals surface area contributed by atoms with Gasteiger partial charge in [-0.15, -0.1) is 0 Å². The average molecular weight is 248 g/mol. The Labute approximate surface area is 105 Å². The van der Waals surface area contributed by atoms with Crippen LogP contribution in [0.4, 0.5) is 5.95 Å². The number of rotatable bonds is 3. The number of aryl methyl sites for hydroxylation is 1. The molecular formula is C12H16N4O2. The molecule has 1 atom stereocenters. The molecule has 2 rings (SSSR count). The molecule has 2 heterocycles. The normalized spacial score (nSPS) is 12.6. The van der Waals surface area contributed by atoms with Crippen LogP contribution in [0.2, 0.25) is 0 Å². The second-order valence-corrected chi connectivity index (χ2v) is 4.12. The summed E-state index contributed by atoms with van der Waals surface area (Å²) in [6, 6.07) is 1.35. The fourth-order valence-electron chi connectivity index (χ4n) is 1.85. The topological polar surface area (TPSA) is 83.0 Å². The largest absolute Gasteiger partial charge is 0.464 e. The molecule has 0 spiro atoms. The number of carbonyl (C=O) groups excluding carboxylic acids is 1. The summed E-state index contributed by atoms with van der Waals surface area (Å²) < 4.78 is 6.57. The number of nitrogens with zero attached hydrogens (tertiary/aromatic N) is 3. The quantitative estimate of drug-likeness (QED) is 0.831. The summed E-state index contributed by atoms with van der Waals surface area (Å²) in [5.74, 6) is -0.0745. The van der Waals surface area contributed by atoms with Gasteiger partial charge in [0.15, 0.2) is 5.65 Å². The summed E-state index contributed by atoms with van der Waals surface area (Å²) >= 11 is 0. The number of fused-ring (bicyclic) bond motifs is 1. The van der Waals surface area contributed by atoms with Crippen LogP contribution in [0.5, 0.6) is 0 Å². The van der Waals surface area contributed by atoms with Gasteiger partial charge in [-0.25, -0.2) is 14.8 Å². The van der Waals surface area contributed by atoms with Gasteiger partial charge in [0.1, 0.15) is 11.6 Å². The van der Waals surface area contributed by atoms with E-state index in [2.05, 4.69) is 9.97 Å². The lowest BCUT2D eigenvalue weighted by atomic mass is 10.3. The maximum absolute atomic E-state index is 11.8. The predicted octanol–water partition coefficient (Wildman–Crippen LogP) is 1.45. The minimum atomic E-state index is -0.537. The van der Waals surface area contributed by atoms with Gasteiger partial charge in [-0.3, -0.25) is 4.57 Å². The highest BCUT2D eigenvalue weighted by molar-refractivity contribution is 5.80. The number of pyridine rings is 1. The van der Waals surface area contributed by atoms with Gasteiger partial charge in [0.2, 0.25) is 5.95 Å². The molecule has 0 aliphatic heterocycles. The van der Waals surface area contributed by atoms with Crippen molar-refractivity contribution in [1.29, 1.82) is 0 Å². The molecule has 0 amide bonds. The third-order valence-corrected chi connectivity index (χ3v) is 2.71. The first kappa shape index (κ1) is 12.3. The van der Waals surface area contributed by atoms with Crippen LogP contribution < -0.4 is 5.73 Å². The number of carbonyl (C=O) groups is 1. The van der Waals surface area contributed by atoms with Gasteiger partial charge < -0.3 is 10.5 Å². The lowest BCUT2D eigenvalue weighted by molar-refractivity contribution is -0.146. The molecular weight excluding hydrogens is 232 g/mol. The summed E-state index contributed by atoms with van der Waals surface area (Å²) in [5.41, 5.74) is 8.12. The molecule has 0 radical (unpaired) electrons. The zero-order chi connectivity index (χ0) is 13.3. The molecule has 6 nitrogen and oxygen atoms in total. The molecule has 0 saturated carbocycles. The lowest BCUT2D eigenvalue weighted by Gasteiger charge is -2.13. The van der Waals surface area contributed by atoms with Crippen LogP contribution in [0.3, 0.4) is 0 Å². The molecule has 0 bridgehead atoms. The fourth-order valence-corrected chi connectivity index (χ4v) is 1.85. The summed E-state index contributed by atoms with van der Waals surface area (Å²) in [6.07, 6.45) is 1.72. The third-order valence-electron chi connectivity index (χ3n) is 2.71. The van der Waals surface area contributed by atoms with E-state index in [1.807, 2.05) is 13.0 Å². The zero-order valence-corrected chi connectivity index (χ0v) is 10.7. The number of imidazole rings is 1. The summed E-state index contributed by atoms with van der Waals surface area (Å²) in [7, 11) is 0. The van der Waals surface area contributed by atoms with Crippen molar-refractivity contribution in [2.75, 3.05) is 12.3 Å². The molecule has 2 N–H and O–H groups in total. The first-order valence-corrected chi connectivity index (χ1v) is 5.81. The second kappa shape index (κ2) is 4.64. The highest BCUT2D eigenvalue weighted by atomic mass is 16.5. The van der Waals surface area contributed by atoms with Crippen molar-refractivity contribution in [2.45, 2.75) is 26.8 Å². The number of esters is 1. The Kier molecular flexibility index (Phi) is 3.18. The van der Waals surface area contributed by atoms with Crippen molar-refractivity contribution in [1.82, 2.24) is 14.5 Å². The first-order chi connectivity index (χ1) is 8.54. The van der Waals surface area contributed by atoms with E-state index in [9.17, 15) is 4.79 Å². The van der Waals surface area contributed by atoms with E-state index in [4.69, 9.17) is 10.5 Å². The van der Waals surface area contributed by atoms with Gasteiger partial charge in [-0.2, -0.15) is 0 Å². The Morgan fingerprint density at radius 3 is 3.00 bits per heavy atom. The highest BCUT2D eigenvalue weighted by Crippen LogP contribution is 2.22. The Hall–Kier alpha value is -2.11. The van der Waals surface area contributed by atoms with Gasteiger partial charge in [-0.05, 0) is 32.4 Å². The van der Waals surface area contributed by atoms with Crippen molar-refractivity contribution in [3.63, 3.8) is 0 Å². The van der Waals surface area contributed by atoms with Crippen LogP contribution in [0, 0.1) is 6.92 Å². The van der Waals surface area contributed by atoms with Gasteiger partial charge in [0, 0.05) is 6.20 Å². The maximum atomic E-state index is 11.8. The molecule has 6 heteroatoms. The van der Waals surface area contributed by atoms with Gasteiger partial charge in [0.05, 0.1) is 6.61 Å². The van der Waals surface area contributed by atoms with Crippen LogP contribution in [0.1, 0.15) is 25.5 Å². The monoisotopic (exact) mass is 248 g/mol. The Morgan fingerprint density at radius 1 is 1.61 bits per heavy atom. The van der Waals surface area contributed by atoms with E-state index in [1.165, 1.54) is 0 Å². The summed E-state index contributed by atoms with van der Waals surface area (Å²) in [5, 5.41) is 0. The minimum Gasteiger partial charge on any atom is -0.464 e. The van der Waals surface area contributed by atoms with Crippen molar-refractivity contribution in [3.8, 4) is 0 Å². The van der Waals surface area contributed by atoms with Crippen molar-refractivity contribution in [3.05, 3.63) is 17.8 Å². The van der Waals surface area contributed by atoms with Gasteiger partial charge in [0.25, 0.3) is 0 Å². The van der Waals surface area contributed by atoms with Crippen molar-refractivity contribution < 1.29 is 9.53 Å². The molecule has 0 saturated heterocycles. The Morgan fingerprint density at radius 2 is 2.33 bits per heavy atom. The standard InChI is InChI=1S/C12H16N4O2/c1-4-18-11(17)8(3)16-10-9(15-12(16)13)5-7(2)6-14-10/h5-6,8H,4H2,1-3H3,(H2,13,15). The molecule has 0 fully saturated rings. The number of nitrogens with two attached hydrogens (primary N) is 1. The van der Waals surface area contributed by atoms with Crippen LogP contribution >= 0.6 is 0 Å². The number of ether oxygens (including phenoxy) is 1. The molecule has 0 aliphatic carbocycles. The summed E-state index contributed by atoms with van der Waals surface area (Å²) in [6.45, 7) is 5.75. The highest BCUT2D eigenvalue weighted by Gasteiger charge is 2.22. The molecule has 0 aromatic carbocycles. The number of aromatic nitrogens is 3. The van der Waals surface area contributed by atoms with Crippen LogP contribution in [0.15, 0.2) is 12.3 Å². The summed E-state index contributed by atoms with van der Waals surface area (Å²) in [4.78, 5) is 20.2. The van der Waals surface area contributed by atoms with E-state index in [-0.39, 0.29) is 11.9 Å². The zero-order valence-electron chi connectivity index (χ0n) is 10.7. The van der Waals surface area contributed by atoms with Gasteiger partial charge >= 0.3 is 5.97 Å². The smallest absolute Gasteiger partial charge is 0.329 e. The molecule has 0 aliphatic rings. The van der Waals surface area contributed by atoms with E-state index >= 15 is 0 Å². The SMILES string of the molecule is CCOC(=O)C(C)n1c(N)nc2cc(C)cnc21. The maximum Gasteiger partial charge on any atom is 0.329 e. The van der Waals surface area contributed by atoms with Crippen molar-refractivity contribution in [2.24, 2.45) is 0 Å². The van der Waals surface area contributed by atoms with E-state index < -0.39 is 6.04 Å². The first-order valence-electron chi connectivity index (χ1n) is 5.81. The third kappa shape index (κ3) is 2.01. The molecule has 18 heavy (non-hydrogen) atoms. The predicted molar refractivity (Wildman–Crippen MR) is 68.0 cm³/mol. The molecule has 2 aromatic heterocycles. The second-order valence-electron chi connectivity index (χ2n) is 4.12. The Balaban J connectivity index is 2.50.